The zero-order valence-electron chi connectivity index (χ0n) is 7.87. The van der Waals surface area contributed by atoms with Crippen LogP contribution >= 0.6 is 0 Å². The molecule has 0 amide bonds. The van der Waals surface area contributed by atoms with E-state index in [2.05, 4.69) is 21.2 Å². The van der Waals surface area contributed by atoms with Gasteiger partial charge in [-0.2, -0.15) is 0 Å². The average Bonchev–Trinajstić information content (AvgIpc) is 2.86. The topological polar surface area (TPSA) is 61.0 Å². The molecule has 0 saturated heterocycles. The van der Waals surface area contributed by atoms with E-state index in [1.54, 1.807) is 10.8 Å². The Morgan fingerprint density at radius 2 is 2.47 bits per heavy atom. The fourth-order valence-electron chi connectivity index (χ4n) is 1.33. The number of hydrogen-bond acceptors (Lipinski definition) is 3. The van der Waals surface area contributed by atoms with Gasteiger partial charge in [0.1, 0.15) is 0 Å². The Morgan fingerprint density at radius 3 is 3.13 bits per heavy atom. The van der Waals surface area contributed by atoms with Gasteiger partial charge in [-0.3, -0.25) is 0 Å². The van der Waals surface area contributed by atoms with Crippen LogP contribution in [0.25, 0.3) is 0 Å². The van der Waals surface area contributed by atoms with Gasteiger partial charge in [0.15, 0.2) is 0 Å². The molecule has 5 nitrogen and oxygen atoms in total. The van der Waals surface area contributed by atoms with E-state index in [0.29, 0.717) is 6.54 Å². The predicted octanol–water partition coefficient (Wildman–Crippen LogP) is 1.09. The molecule has 0 N–H and O–H groups in total. The first kappa shape index (κ1) is 10.4. The van der Waals surface area contributed by atoms with E-state index in [0.717, 1.165) is 6.42 Å². The Morgan fingerprint density at radius 1 is 1.60 bits per heavy atom. The monoisotopic (exact) mass is 321 g/mol. The first-order chi connectivity index (χ1) is 7.27. The molecule has 2 rings (SSSR count). The van der Waals surface area contributed by atoms with Crippen LogP contribution in [-0.2, 0) is 13.0 Å². The van der Waals surface area contributed by atoms with Crippen molar-refractivity contribution in [1.29, 1.82) is 0 Å². The van der Waals surface area contributed by atoms with Crippen LogP contribution in [0.5, 0.6) is 0 Å². The predicted molar refractivity (Wildman–Crippen MR) is 56.0 cm³/mol. The number of nitrogens with zero attached hydrogens (tertiary/aromatic N) is 3. The zero-order valence-corrected chi connectivity index (χ0v) is 10.2. The molecule has 0 atom stereocenters. The maximum atomic E-state index is 10.6. The SMILES string of the molecule is O=[N+]([O-])c1nccn1CCc1ccc[te]1. The molecule has 0 saturated carbocycles. The fraction of sp³-hybridized carbons (Fsp3) is 0.222. The number of imidazole rings is 1. The van der Waals surface area contributed by atoms with Crippen molar-refractivity contribution in [1.82, 2.24) is 9.55 Å². The molecule has 0 spiro atoms. The number of nitro groups is 1. The van der Waals surface area contributed by atoms with Gasteiger partial charge in [0.05, 0.1) is 0 Å². The third kappa shape index (κ3) is 2.46. The van der Waals surface area contributed by atoms with Gasteiger partial charge in [0.2, 0.25) is 0 Å². The number of aryl methyl sites for hydroxylation is 2. The summed E-state index contributed by atoms with van der Waals surface area (Å²) in [6.07, 6.45) is 4.02. The maximum absolute atomic E-state index is 10.6. The summed E-state index contributed by atoms with van der Waals surface area (Å²) >= 11 is -0.123. The van der Waals surface area contributed by atoms with E-state index < -0.39 is 4.92 Å². The Labute approximate surface area is 96.1 Å². The minimum atomic E-state index is -0.446. The van der Waals surface area contributed by atoms with Crippen molar-refractivity contribution in [3.05, 3.63) is 42.3 Å². The van der Waals surface area contributed by atoms with Gasteiger partial charge in [-0.05, 0) is 0 Å². The van der Waals surface area contributed by atoms with Crippen molar-refractivity contribution >= 4 is 26.4 Å². The number of hydrogen-bond donors (Lipinski definition) is 0. The molecule has 78 valence electrons. The molecule has 0 fully saturated rings. The van der Waals surface area contributed by atoms with E-state index in [9.17, 15) is 10.1 Å². The van der Waals surface area contributed by atoms with Gasteiger partial charge < -0.3 is 0 Å². The summed E-state index contributed by atoms with van der Waals surface area (Å²) in [5.41, 5.74) is 0. The van der Waals surface area contributed by atoms with Crippen molar-refractivity contribution in [2.75, 3.05) is 0 Å². The van der Waals surface area contributed by atoms with E-state index in [1.807, 2.05) is 0 Å². The molecule has 15 heavy (non-hydrogen) atoms. The van der Waals surface area contributed by atoms with Gasteiger partial charge in [-0.25, -0.2) is 0 Å². The molecule has 0 radical (unpaired) electrons. The molecule has 0 aliphatic heterocycles. The number of rotatable bonds is 4. The van der Waals surface area contributed by atoms with Crippen molar-refractivity contribution in [2.45, 2.75) is 13.0 Å². The van der Waals surface area contributed by atoms with E-state index >= 15 is 0 Å². The average molecular weight is 319 g/mol. The zero-order chi connectivity index (χ0) is 10.7. The molecular weight excluding hydrogens is 310 g/mol. The molecule has 0 aromatic carbocycles. The van der Waals surface area contributed by atoms with Gasteiger partial charge in [0, 0.05) is 0 Å². The molecule has 0 aliphatic rings. The van der Waals surface area contributed by atoms with Gasteiger partial charge >= 0.3 is 96.1 Å². The van der Waals surface area contributed by atoms with Gasteiger partial charge in [-0.1, -0.05) is 0 Å². The normalized spacial score (nSPS) is 10.4. The Bertz CT molecular complexity index is 450. The molecule has 2 aromatic heterocycles. The summed E-state index contributed by atoms with van der Waals surface area (Å²) in [7, 11) is 0. The van der Waals surface area contributed by atoms with Crippen LogP contribution in [0.4, 0.5) is 5.95 Å². The van der Waals surface area contributed by atoms with Crippen molar-refractivity contribution in [3.63, 3.8) is 0 Å². The molecular formula is C9H9N3O2Te. The third-order valence-corrected chi connectivity index (χ3v) is 4.71. The van der Waals surface area contributed by atoms with Crippen LogP contribution in [-0.4, -0.2) is 34.9 Å². The second-order valence-corrected chi connectivity index (χ2v) is 5.95. The minimum absolute atomic E-state index is 0.0674. The second kappa shape index (κ2) is 4.60. The van der Waals surface area contributed by atoms with E-state index in [1.165, 1.54) is 9.78 Å². The van der Waals surface area contributed by atoms with Crippen LogP contribution < -0.4 is 0 Å². The van der Waals surface area contributed by atoms with Crippen LogP contribution in [0.2, 0.25) is 0 Å². The summed E-state index contributed by atoms with van der Waals surface area (Å²) in [6.45, 7) is 0.647. The molecule has 0 unspecified atom stereocenters. The third-order valence-electron chi connectivity index (χ3n) is 2.04. The van der Waals surface area contributed by atoms with Crippen molar-refractivity contribution in [2.24, 2.45) is 0 Å². The summed E-state index contributed by atoms with van der Waals surface area (Å²) in [4.78, 5) is 13.8. The molecule has 2 aromatic rings. The van der Waals surface area contributed by atoms with Crippen LogP contribution in [0.15, 0.2) is 28.6 Å². The Hall–Kier alpha value is -1.12. The van der Waals surface area contributed by atoms with Crippen LogP contribution in [0.1, 0.15) is 3.58 Å². The Kier molecular flexibility index (Phi) is 3.19. The second-order valence-electron chi connectivity index (χ2n) is 3.01. The molecule has 2 heterocycles. The first-order valence-corrected chi connectivity index (χ1v) is 6.96. The molecule has 6 heteroatoms. The van der Waals surface area contributed by atoms with Gasteiger partial charge in [-0.15, -0.1) is 0 Å². The molecule has 0 aliphatic carbocycles. The van der Waals surface area contributed by atoms with Gasteiger partial charge in [0.25, 0.3) is 0 Å². The van der Waals surface area contributed by atoms with Crippen molar-refractivity contribution < 1.29 is 4.92 Å². The van der Waals surface area contributed by atoms with Crippen LogP contribution in [0, 0.1) is 10.1 Å². The van der Waals surface area contributed by atoms with Crippen LogP contribution in [0.3, 0.4) is 0 Å². The van der Waals surface area contributed by atoms with Crippen molar-refractivity contribution in [3.8, 4) is 0 Å². The standard InChI is InChI=1S/C9H9N3O2Te/c13-12(14)9-10-4-6-11(9)5-3-8-2-1-7-15-8/h1-2,4,6-7H,3,5H2. The summed E-state index contributed by atoms with van der Waals surface area (Å²) in [5.74, 6) is -0.0674. The first-order valence-electron chi connectivity index (χ1n) is 4.45. The Balaban J connectivity index is 2.05. The van der Waals surface area contributed by atoms with E-state index in [4.69, 9.17) is 0 Å². The number of aromatic nitrogens is 2. The summed E-state index contributed by atoms with van der Waals surface area (Å²) in [6, 6.07) is 4.19. The summed E-state index contributed by atoms with van der Waals surface area (Å²) < 4.78 is 5.23. The fourth-order valence-corrected chi connectivity index (χ4v) is 3.33. The summed E-state index contributed by atoms with van der Waals surface area (Å²) in [5, 5.41) is 10.6. The quantitative estimate of drug-likeness (QED) is 0.482. The molecule has 0 bridgehead atoms. The van der Waals surface area contributed by atoms with E-state index in [-0.39, 0.29) is 26.4 Å².